The van der Waals surface area contributed by atoms with Crippen molar-refractivity contribution in [3.05, 3.63) is 22.2 Å². The van der Waals surface area contributed by atoms with Crippen LogP contribution in [0.5, 0.6) is 11.5 Å². The number of carbonyl (C=O) groups excluding carboxylic acids is 1. The molecule has 1 rings (SSSR count). The lowest BCUT2D eigenvalue weighted by atomic mass is 10.2. The molecule has 1 aromatic carbocycles. The van der Waals surface area contributed by atoms with Crippen LogP contribution >= 0.6 is 27.5 Å². The molecule has 0 aliphatic carbocycles. The summed E-state index contributed by atoms with van der Waals surface area (Å²) in [5, 5.41) is -0.565. The van der Waals surface area contributed by atoms with E-state index in [0.29, 0.717) is 21.5 Å². The van der Waals surface area contributed by atoms with E-state index in [2.05, 4.69) is 15.9 Å². The van der Waals surface area contributed by atoms with Gasteiger partial charge in [-0.05, 0) is 33.6 Å². The minimum atomic E-state index is -0.565. The van der Waals surface area contributed by atoms with Crippen molar-refractivity contribution < 1.29 is 14.3 Å². The summed E-state index contributed by atoms with van der Waals surface area (Å²) in [6.45, 7) is 0. The molecule has 0 saturated carbocycles. The predicted octanol–water partition coefficient (Wildman–Crippen LogP) is 2.85. The van der Waals surface area contributed by atoms with E-state index in [1.165, 1.54) is 14.2 Å². The fourth-order valence-electron chi connectivity index (χ4n) is 1.01. The average Bonchev–Trinajstić information content (AvgIpc) is 2.17. The van der Waals surface area contributed by atoms with Crippen LogP contribution in [0, 0.1) is 0 Å². The SMILES string of the molecule is COc1cc(OC)c(C(=O)Cl)cc1Br. The maximum Gasteiger partial charge on any atom is 0.256 e. The molecule has 3 nitrogen and oxygen atoms in total. The van der Waals surface area contributed by atoms with Gasteiger partial charge in [0.2, 0.25) is 0 Å². The summed E-state index contributed by atoms with van der Waals surface area (Å²) in [7, 11) is 2.99. The zero-order chi connectivity index (χ0) is 10.7. The minimum Gasteiger partial charge on any atom is -0.496 e. The van der Waals surface area contributed by atoms with E-state index in [1.807, 2.05) is 0 Å². The molecule has 0 radical (unpaired) electrons. The van der Waals surface area contributed by atoms with E-state index in [-0.39, 0.29) is 0 Å². The summed E-state index contributed by atoms with van der Waals surface area (Å²) in [6.07, 6.45) is 0. The molecule has 14 heavy (non-hydrogen) atoms. The molecule has 0 aromatic heterocycles. The zero-order valence-electron chi connectivity index (χ0n) is 7.64. The molecule has 0 aliphatic heterocycles. The predicted molar refractivity (Wildman–Crippen MR) is 57.4 cm³/mol. The Morgan fingerprint density at radius 1 is 1.29 bits per heavy atom. The topological polar surface area (TPSA) is 35.5 Å². The van der Waals surface area contributed by atoms with Crippen molar-refractivity contribution in [2.24, 2.45) is 0 Å². The normalized spacial score (nSPS) is 9.71. The molecule has 0 fully saturated rings. The second-order valence-corrected chi connectivity index (χ2v) is 3.66. The lowest BCUT2D eigenvalue weighted by molar-refractivity contribution is 0.107. The summed E-state index contributed by atoms with van der Waals surface area (Å²) >= 11 is 8.62. The molecule has 0 unspecified atom stereocenters. The van der Waals surface area contributed by atoms with Crippen LogP contribution in [0.25, 0.3) is 0 Å². The number of rotatable bonds is 3. The van der Waals surface area contributed by atoms with Gasteiger partial charge in [0.05, 0.1) is 24.3 Å². The first-order valence-corrected chi connectivity index (χ1v) is 4.88. The van der Waals surface area contributed by atoms with Gasteiger partial charge in [-0.15, -0.1) is 0 Å². The third kappa shape index (κ3) is 2.19. The molecule has 1 aromatic rings. The van der Waals surface area contributed by atoms with Crippen molar-refractivity contribution in [1.82, 2.24) is 0 Å². The van der Waals surface area contributed by atoms with Crippen LogP contribution in [-0.4, -0.2) is 19.5 Å². The molecule has 0 amide bonds. The van der Waals surface area contributed by atoms with E-state index in [1.54, 1.807) is 12.1 Å². The summed E-state index contributed by atoms with van der Waals surface area (Å²) < 4.78 is 10.7. The summed E-state index contributed by atoms with van der Waals surface area (Å²) in [5.74, 6) is 0.980. The van der Waals surface area contributed by atoms with E-state index in [0.717, 1.165) is 0 Å². The van der Waals surface area contributed by atoms with Crippen molar-refractivity contribution in [2.75, 3.05) is 14.2 Å². The van der Waals surface area contributed by atoms with Crippen molar-refractivity contribution in [2.45, 2.75) is 0 Å². The monoisotopic (exact) mass is 278 g/mol. The molecule has 0 bridgehead atoms. The number of carbonyl (C=O) groups is 1. The summed E-state index contributed by atoms with van der Waals surface area (Å²) in [4.78, 5) is 11.0. The third-order valence-corrected chi connectivity index (χ3v) is 2.51. The van der Waals surface area contributed by atoms with Gasteiger partial charge < -0.3 is 9.47 Å². The van der Waals surface area contributed by atoms with E-state index >= 15 is 0 Å². The van der Waals surface area contributed by atoms with Gasteiger partial charge in [0.25, 0.3) is 5.24 Å². The maximum atomic E-state index is 11.0. The fraction of sp³-hybridized carbons (Fsp3) is 0.222. The Bertz CT molecular complexity index is 365. The van der Waals surface area contributed by atoms with E-state index < -0.39 is 5.24 Å². The number of ether oxygens (including phenoxy) is 2. The Labute approximate surface area is 95.1 Å². The highest BCUT2D eigenvalue weighted by molar-refractivity contribution is 9.10. The molecule has 0 saturated heterocycles. The lowest BCUT2D eigenvalue weighted by Gasteiger charge is -2.09. The first-order chi connectivity index (χ1) is 6.60. The van der Waals surface area contributed by atoms with Crippen LogP contribution < -0.4 is 9.47 Å². The van der Waals surface area contributed by atoms with Crippen LogP contribution in [0.3, 0.4) is 0 Å². The lowest BCUT2D eigenvalue weighted by Crippen LogP contribution is -1.97. The van der Waals surface area contributed by atoms with Crippen LogP contribution in [0.15, 0.2) is 16.6 Å². The Hall–Kier alpha value is -0.740. The van der Waals surface area contributed by atoms with Gasteiger partial charge in [-0.25, -0.2) is 0 Å². The molecular weight excluding hydrogens is 271 g/mol. The summed E-state index contributed by atoms with van der Waals surface area (Å²) in [6, 6.07) is 3.16. The highest BCUT2D eigenvalue weighted by Crippen LogP contribution is 2.33. The molecule has 0 aliphatic rings. The molecule has 0 N–H and O–H groups in total. The molecule has 0 atom stereocenters. The van der Waals surface area contributed by atoms with Crippen molar-refractivity contribution in [3.8, 4) is 11.5 Å². The average molecular weight is 280 g/mol. The Morgan fingerprint density at radius 2 is 1.86 bits per heavy atom. The van der Waals surface area contributed by atoms with Gasteiger partial charge in [0.1, 0.15) is 11.5 Å². The third-order valence-electron chi connectivity index (χ3n) is 1.69. The van der Waals surface area contributed by atoms with Gasteiger partial charge >= 0.3 is 0 Å². The van der Waals surface area contributed by atoms with Crippen LogP contribution in [0.2, 0.25) is 0 Å². The largest absolute Gasteiger partial charge is 0.496 e. The Balaban J connectivity index is 3.31. The number of hydrogen-bond donors (Lipinski definition) is 0. The minimum absolute atomic E-state index is 0.307. The van der Waals surface area contributed by atoms with Gasteiger partial charge in [-0.3, -0.25) is 4.79 Å². The molecular formula is C9H8BrClO3. The molecule has 0 spiro atoms. The van der Waals surface area contributed by atoms with Gasteiger partial charge in [0, 0.05) is 6.07 Å². The van der Waals surface area contributed by atoms with Crippen molar-refractivity contribution in [1.29, 1.82) is 0 Å². The maximum absolute atomic E-state index is 11.0. The Kier molecular flexibility index (Phi) is 3.77. The van der Waals surface area contributed by atoms with Crippen molar-refractivity contribution in [3.63, 3.8) is 0 Å². The highest BCUT2D eigenvalue weighted by atomic mass is 79.9. The second kappa shape index (κ2) is 4.66. The zero-order valence-corrected chi connectivity index (χ0v) is 9.98. The number of hydrogen-bond acceptors (Lipinski definition) is 3. The second-order valence-electron chi connectivity index (χ2n) is 2.46. The standard InChI is InChI=1S/C9H8BrClO3/c1-13-7-4-8(14-2)6(10)3-5(7)9(11)12/h3-4H,1-2H3. The van der Waals surface area contributed by atoms with Crippen molar-refractivity contribution >= 4 is 32.8 Å². The fourth-order valence-corrected chi connectivity index (χ4v) is 1.67. The first kappa shape index (κ1) is 11.3. The van der Waals surface area contributed by atoms with Crippen LogP contribution in [0.4, 0.5) is 0 Å². The van der Waals surface area contributed by atoms with Gasteiger partial charge in [-0.1, -0.05) is 0 Å². The van der Waals surface area contributed by atoms with E-state index in [9.17, 15) is 4.79 Å². The quantitative estimate of drug-likeness (QED) is 0.798. The Morgan fingerprint density at radius 3 is 2.29 bits per heavy atom. The van der Waals surface area contributed by atoms with E-state index in [4.69, 9.17) is 21.1 Å². The van der Waals surface area contributed by atoms with Crippen LogP contribution in [-0.2, 0) is 0 Å². The van der Waals surface area contributed by atoms with Gasteiger partial charge in [0.15, 0.2) is 0 Å². The molecule has 0 heterocycles. The first-order valence-electron chi connectivity index (χ1n) is 3.71. The number of halogens is 2. The number of benzene rings is 1. The van der Waals surface area contributed by atoms with Gasteiger partial charge in [-0.2, -0.15) is 0 Å². The molecule has 76 valence electrons. The summed E-state index contributed by atoms with van der Waals surface area (Å²) in [5.41, 5.74) is 0.307. The number of methoxy groups -OCH3 is 2. The molecule has 5 heteroatoms. The highest BCUT2D eigenvalue weighted by Gasteiger charge is 2.13. The van der Waals surface area contributed by atoms with Crippen LogP contribution in [0.1, 0.15) is 10.4 Å². The smallest absolute Gasteiger partial charge is 0.256 e.